The van der Waals surface area contributed by atoms with Gasteiger partial charge in [-0.2, -0.15) is 4.99 Å². The minimum Gasteiger partial charge on any atom is -0.443 e. The van der Waals surface area contributed by atoms with Crippen LogP contribution < -0.4 is 0 Å². The van der Waals surface area contributed by atoms with E-state index in [1.54, 1.807) is 0 Å². The number of H-pyrrole nitrogens is 1. The van der Waals surface area contributed by atoms with Crippen molar-refractivity contribution >= 4 is 22.7 Å². The Morgan fingerprint density at radius 2 is 1.84 bits per heavy atom. The van der Waals surface area contributed by atoms with Crippen LogP contribution in [-0.2, 0) is 17.8 Å². The molecule has 0 saturated heterocycles. The Kier molecular flexibility index (Phi) is 5.62. The Morgan fingerprint density at radius 3 is 2.64 bits per heavy atom. The molecular formula is C21H22N2O2. The van der Waals surface area contributed by atoms with Crippen molar-refractivity contribution in [3.8, 4) is 0 Å². The zero-order valence-corrected chi connectivity index (χ0v) is 14.4. The molecule has 0 aliphatic carbocycles. The Morgan fingerprint density at radius 1 is 1.08 bits per heavy atom. The highest BCUT2D eigenvalue weighted by Crippen LogP contribution is 2.19. The van der Waals surface area contributed by atoms with E-state index in [9.17, 15) is 4.79 Å². The number of carbonyl (C=O) groups is 1. The summed E-state index contributed by atoms with van der Waals surface area (Å²) >= 11 is 0. The van der Waals surface area contributed by atoms with Gasteiger partial charge in [0, 0.05) is 29.2 Å². The van der Waals surface area contributed by atoms with Gasteiger partial charge in [0.25, 0.3) is 0 Å². The molecule has 0 aliphatic rings. The summed E-state index contributed by atoms with van der Waals surface area (Å²) in [7, 11) is 0. The van der Waals surface area contributed by atoms with E-state index < -0.39 is 6.09 Å². The summed E-state index contributed by atoms with van der Waals surface area (Å²) in [5.41, 5.74) is 4.06. The van der Waals surface area contributed by atoms with Crippen LogP contribution in [0.1, 0.15) is 30.9 Å². The van der Waals surface area contributed by atoms with Gasteiger partial charge in [-0.3, -0.25) is 0 Å². The van der Waals surface area contributed by atoms with Gasteiger partial charge < -0.3 is 9.72 Å². The van der Waals surface area contributed by atoms with Crippen LogP contribution in [0.4, 0.5) is 4.79 Å². The molecule has 3 aromatic rings. The molecule has 0 bridgehead atoms. The predicted octanol–water partition coefficient (Wildman–Crippen LogP) is 5.29. The number of nitrogens with zero attached hydrogens (tertiary/aromatic N) is 1. The number of fused-ring (bicyclic) bond motifs is 1. The molecule has 4 heteroatoms. The van der Waals surface area contributed by atoms with Gasteiger partial charge in [-0.1, -0.05) is 61.9 Å². The van der Waals surface area contributed by atoms with E-state index in [0.29, 0.717) is 6.42 Å². The lowest BCUT2D eigenvalue weighted by Gasteiger charge is -2.06. The van der Waals surface area contributed by atoms with Gasteiger partial charge in [0.05, 0.1) is 0 Å². The Labute approximate surface area is 147 Å². The molecule has 128 valence electrons. The van der Waals surface area contributed by atoms with E-state index in [1.807, 2.05) is 54.7 Å². The van der Waals surface area contributed by atoms with Crippen LogP contribution in [0, 0.1) is 0 Å². The average Bonchev–Trinajstić information content (AvgIpc) is 3.04. The molecule has 0 unspecified atom stereocenters. The third-order valence-electron chi connectivity index (χ3n) is 4.06. The second kappa shape index (κ2) is 8.29. The van der Waals surface area contributed by atoms with E-state index in [4.69, 9.17) is 4.74 Å². The van der Waals surface area contributed by atoms with Crippen molar-refractivity contribution in [2.75, 3.05) is 0 Å². The molecular weight excluding hydrogens is 312 g/mol. The summed E-state index contributed by atoms with van der Waals surface area (Å²) < 4.78 is 5.28. The molecule has 0 atom stereocenters. The molecule has 0 aliphatic heterocycles. The maximum Gasteiger partial charge on any atom is 0.433 e. The second-order valence-electron chi connectivity index (χ2n) is 6.00. The van der Waals surface area contributed by atoms with Crippen molar-refractivity contribution in [1.82, 2.24) is 4.98 Å². The number of carbonyl (C=O) groups excluding carboxylic acids is 1. The number of amides is 1. The number of para-hydroxylation sites is 1. The molecule has 0 saturated carbocycles. The fourth-order valence-electron chi connectivity index (χ4n) is 2.85. The van der Waals surface area contributed by atoms with E-state index in [2.05, 4.69) is 23.0 Å². The van der Waals surface area contributed by atoms with Crippen LogP contribution in [-0.4, -0.2) is 16.8 Å². The number of ether oxygens (including phenoxy) is 1. The van der Waals surface area contributed by atoms with Crippen molar-refractivity contribution in [1.29, 1.82) is 0 Å². The third-order valence-corrected chi connectivity index (χ3v) is 4.06. The van der Waals surface area contributed by atoms with E-state index in [1.165, 1.54) is 5.39 Å². The smallest absolute Gasteiger partial charge is 0.433 e. The van der Waals surface area contributed by atoms with Crippen molar-refractivity contribution in [2.24, 2.45) is 4.99 Å². The van der Waals surface area contributed by atoms with Gasteiger partial charge in [0.15, 0.2) is 0 Å². The normalized spacial score (nSPS) is 11.6. The molecule has 1 N–H and O–H groups in total. The first kappa shape index (κ1) is 17.0. The monoisotopic (exact) mass is 334 g/mol. The number of hydrogen-bond acceptors (Lipinski definition) is 2. The molecule has 4 nitrogen and oxygen atoms in total. The summed E-state index contributed by atoms with van der Waals surface area (Å²) in [5.74, 6) is 0. The maximum atomic E-state index is 12.1. The zero-order valence-electron chi connectivity index (χ0n) is 14.4. The van der Waals surface area contributed by atoms with E-state index in [0.717, 1.165) is 35.2 Å². The Hall–Kier alpha value is -2.88. The number of aliphatic imine (C=N–C) groups is 1. The van der Waals surface area contributed by atoms with E-state index in [-0.39, 0.29) is 6.61 Å². The summed E-state index contributed by atoms with van der Waals surface area (Å²) in [5, 5.41) is 1.17. The zero-order chi connectivity index (χ0) is 17.5. The van der Waals surface area contributed by atoms with Crippen LogP contribution >= 0.6 is 0 Å². The van der Waals surface area contributed by atoms with Crippen LogP contribution in [0.3, 0.4) is 0 Å². The maximum absolute atomic E-state index is 12.1. The molecule has 1 aromatic heterocycles. The average molecular weight is 334 g/mol. The largest absolute Gasteiger partial charge is 0.443 e. The van der Waals surface area contributed by atoms with Gasteiger partial charge in [0.2, 0.25) is 0 Å². The summed E-state index contributed by atoms with van der Waals surface area (Å²) in [6.45, 7) is 2.33. The molecule has 1 amide bonds. The SMILES string of the molecule is CCCC(Cc1c[nH]c2ccccc12)=NC(=O)OCc1ccccc1. The molecule has 25 heavy (non-hydrogen) atoms. The molecule has 3 rings (SSSR count). The van der Waals surface area contributed by atoms with Crippen molar-refractivity contribution in [2.45, 2.75) is 32.8 Å². The predicted molar refractivity (Wildman–Crippen MR) is 101 cm³/mol. The highest BCUT2D eigenvalue weighted by atomic mass is 16.5. The van der Waals surface area contributed by atoms with Crippen molar-refractivity contribution in [3.63, 3.8) is 0 Å². The lowest BCUT2D eigenvalue weighted by atomic mass is 10.0. The second-order valence-corrected chi connectivity index (χ2v) is 6.00. The number of benzene rings is 2. The topological polar surface area (TPSA) is 54.5 Å². The Bertz CT molecular complexity index is 866. The standard InChI is InChI=1S/C21H22N2O2/c1-2-8-18(13-17-14-22-20-12-7-6-11-19(17)20)23-21(24)25-15-16-9-4-3-5-10-16/h3-7,9-12,14,22H,2,8,13,15H2,1H3. The van der Waals surface area contributed by atoms with Gasteiger partial charge >= 0.3 is 6.09 Å². The first-order valence-electron chi connectivity index (χ1n) is 8.58. The quantitative estimate of drug-likeness (QED) is 0.623. The molecule has 2 aromatic carbocycles. The summed E-state index contributed by atoms with van der Waals surface area (Å²) in [4.78, 5) is 19.5. The van der Waals surface area contributed by atoms with Crippen LogP contribution in [0.5, 0.6) is 0 Å². The summed E-state index contributed by atoms with van der Waals surface area (Å²) in [6, 6.07) is 17.8. The minimum absolute atomic E-state index is 0.246. The molecule has 1 heterocycles. The number of aromatic amines is 1. The number of aromatic nitrogens is 1. The third kappa shape index (κ3) is 4.57. The minimum atomic E-state index is -0.521. The van der Waals surface area contributed by atoms with Gasteiger partial charge in [-0.15, -0.1) is 0 Å². The highest BCUT2D eigenvalue weighted by Gasteiger charge is 2.09. The number of rotatable bonds is 6. The number of nitrogens with one attached hydrogen (secondary N) is 1. The molecule has 0 fully saturated rings. The first-order valence-corrected chi connectivity index (χ1v) is 8.58. The van der Waals surface area contributed by atoms with Crippen molar-refractivity contribution < 1.29 is 9.53 Å². The van der Waals surface area contributed by atoms with Crippen LogP contribution in [0.15, 0.2) is 65.8 Å². The first-order chi connectivity index (χ1) is 12.3. The molecule has 0 spiro atoms. The van der Waals surface area contributed by atoms with Crippen LogP contribution in [0.2, 0.25) is 0 Å². The van der Waals surface area contributed by atoms with Crippen molar-refractivity contribution in [3.05, 3.63) is 71.9 Å². The molecule has 0 radical (unpaired) electrons. The lowest BCUT2D eigenvalue weighted by molar-refractivity contribution is 0.150. The van der Waals surface area contributed by atoms with E-state index >= 15 is 0 Å². The number of hydrogen-bond donors (Lipinski definition) is 1. The van der Waals surface area contributed by atoms with Gasteiger partial charge in [-0.05, 0) is 23.6 Å². The van der Waals surface area contributed by atoms with Crippen LogP contribution in [0.25, 0.3) is 10.9 Å². The summed E-state index contributed by atoms with van der Waals surface area (Å²) in [6.07, 6.45) is 3.84. The highest BCUT2D eigenvalue weighted by molar-refractivity contribution is 5.97. The van der Waals surface area contributed by atoms with Gasteiger partial charge in [-0.25, -0.2) is 4.79 Å². The fourth-order valence-corrected chi connectivity index (χ4v) is 2.85. The van der Waals surface area contributed by atoms with Gasteiger partial charge in [0.1, 0.15) is 6.61 Å². The Balaban J connectivity index is 1.69. The lowest BCUT2D eigenvalue weighted by Crippen LogP contribution is -2.08. The fraction of sp³-hybridized carbons (Fsp3) is 0.238.